The van der Waals surface area contributed by atoms with Crippen LogP contribution in [-0.2, 0) is 11.2 Å². The van der Waals surface area contributed by atoms with Crippen molar-refractivity contribution in [3.63, 3.8) is 0 Å². The second kappa shape index (κ2) is 10.3. The zero-order valence-electron chi connectivity index (χ0n) is 18.7. The molecule has 34 heavy (non-hydrogen) atoms. The molecule has 0 bridgehead atoms. The lowest BCUT2D eigenvalue weighted by molar-refractivity contribution is -0.115. The van der Waals surface area contributed by atoms with Gasteiger partial charge in [-0.1, -0.05) is 29.8 Å². The summed E-state index contributed by atoms with van der Waals surface area (Å²) in [5.41, 5.74) is 2.64. The van der Waals surface area contributed by atoms with E-state index >= 15 is 0 Å². The zero-order valence-corrected chi connectivity index (χ0v) is 19.4. The van der Waals surface area contributed by atoms with E-state index in [0.717, 1.165) is 11.1 Å². The molecule has 0 unspecified atom stereocenters. The molecule has 1 aliphatic heterocycles. The fourth-order valence-corrected chi connectivity index (χ4v) is 3.60. The van der Waals surface area contributed by atoms with Gasteiger partial charge in [-0.05, 0) is 66.1 Å². The molecule has 7 nitrogen and oxygen atoms in total. The molecule has 0 radical (unpaired) electrons. The van der Waals surface area contributed by atoms with Crippen LogP contribution in [0.15, 0.2) is 66.4 Å². The van der Waals surface area contributed by atoms with Crippen LogP contribution in [0.3, 0.4) is 0 Å². The van der Waals surface area contributed by atoms with Crippen molar-refractivity contribution >= 4 is 35.2 Å². The molecule has 0 fully saturated rings. The molecule has 8 heteroatoms. The first kappa shape index (κ1) is 23.2. The number of anilines is 1. The van der Waals surface area contributed by atoms with E-state index in [1.165, 1.54) is 0 Å². The second-order valence-corrected chi connectivity index (χ2v) is 7.96. The van der Waals surface area contributed by atoms with Crippen LogP contribution in [-0.4, -0.2) is 32.6 Å². The lowest BCUT2D eigenvalue weighted by atomic mass is 10.1. The highest BCUT2D eigenvalue weighted by Gasteiger charge is 2.23. The summed E-state index contributed by atoms with van der Waals surface area (Å²) in [5.74, 6) is 1.26. The van der Waals surface area contributed by atoms with Gasteiger partial charge < -0.3 is 24.8 Å². The Labute approximate surface area is 202 Å². The number of carbonyl (C=O) groups excluding carboxylic acids is 2. The highest BCUT2D eigenvalue weighted by molar-refractivity contribution is 6.30. The minimum Gasteiger partial charge on any atom is -0.493 e. The van der Waals surface area contributed by atoms with E-state index in [4.69, 9.17) is 25.8 Å². The predicted octanol–water partition coefficient (Wildman–Crippen LogP) is 4.70. The lowest BCUT2D eigenvalue weighted by Crippen LogP contribution is -2.27. The number of carbonyl (C=O) groups is 2. The van der Waals surface area contributed by atoms with E-state index in [0.29, 0.717) is 46.5 Å². The largest absolute Gasteiger partial charge is 0.493 e. The summed E-state index contributed by atoms with van der Waals surface area (Å²) >= 11 is 5.90. The highest BCUT2D eigenvalue weighted by atomic mass is 35.5. The van der Waals surface area contributed by atoms with Crippen molar-refractivity contribution in [1.29, 1.82) is 0 Å². The van der Waals surface area contributed by atoms with Gasteiger partial charge in [-0.15, -0.1) is 0 Å². The van der Waals surface area contributed by atoms with Crippen LogP contribution in [0.4, 0.5) is 5.69 Å². The summed E-state index contributed by atoms with van der Waals surface area (Å²) < 4.78 is 16.3. The Morgan fingerprint density at radius 3 is 2.53 bits per heavy atom. The van der Waals surface area contributed by atoms with E-state index in [1.807, 2.05) is 18.2 Å². The normalized spacial score (nSPS) is 13.5. The molecule has 0 spiro atoms. The molecule has 0 aliphatic carbocycles. The van der Waals surface area contributed by atoms with E-state index in [9.17, 15) is 9.59 Å². The maximum atomic E-state index is 12.6. The molecule has 1 aliphatic rings. The molecule has 0 aromatic heterocycles. The number of hydrogen-bond acceptors (Lipinski definition) is 5. The Bertz CT molecular complexity index is 1250. The lowest BCUT2D eigenvalue weighted by Gasteiger charge is -2.20. The first-order valence-electron chi connectivity index (χ1n) is 10.6. The average molecular weight is 479 g/mol. The van der Waals surface area contributed by atoms with Gasteiger partial charge in [0, 0.05) is 17.1 Å². The second-order valence-electron chi connectivity index (χ2n) is 7.52. The van der Waals surface area contributed by atoms with Crippen LogP contribution >= 0.6 is 11.6 Å². The Hall–Kier alpha value is -3.97. The molecule has 0 saturated carbocycles. The summed E-state index contributed by atoms with van der Waals surface area (Å²) in [5, 5.41) is 6.28. The zero-order chi connectivity index (χ0) is 24.1. The number of nitrogens with one attached hydrogen (secondary N) is 2. The van der Waals surface area contributed by atoms with Gasteiger partial charge in [-0.2, -0.15) is 0 Å². The van der Waals surface area contributed by atoms with Gasteiger partial charge in [0.2, 0.25) is 0 Å². The van der Waals surface area contributed by atoms with Gasteiger partial charge in [0.25, 0.3) is 11.8 Å². The van der Waals surface area contributed by atoms with Gasteiger partial charge >= 0.3 is 0 Å². The molecule has 2 N–H and O–H groups in total. The van der Waals surface area contributed by atoms with Crippen molar-refractivity contribution in [3.05, 3.63) is 88.1 Å². The van der Waals surface area contributed by atoms with Crippen molar-refractivity contribution in [2.24, 2.45) is 0 Å². The number of halogens is 1. The van der Waals surface area contributed by atoms with Crippen molar-refractivity contribution < 1.29 is 23.8 Å². The van der Waals surface area contributed by atoms with E-state index in [1.54, 1.807) is 62.8 Å². The third-order valence-electron chi connectivity index (χ3n) is 5.25. The molecule has 0 saturated heterocycles. The fourth-order valence-electron chi connectivity index (χ4n) is 3.47. The van der Waals surface area contributed by atoms with Gasteiger partial charge in [0.1, 0.15) is 0 Å². The summed E-state index contributed by atoms with van der Waals surface area (Å²) in [4.78, 5) is 25.1. The minimum atomic E-state index is -0.395. The maximum absolute atomic E-state index is 12.6. The monoisotopic (exact) mass is 478 g/mol. The minimum absolute atomic E-state index is 0.155. The number of methoxy groups -OCH3 is 2. The van der Waals surface area contributed by atoms with Crippen LogP contribution in [0.25, 0.3) is 6.08 Å². The first-order chi connectivity index (χ1) is 16.5. The first-order valence-corrected chi connectivity index (χ1v) is 10.9. The number of hydrogen-bond donors (Lipinski definition) is 2. The van der Waals surface area contributed by atoms with E-state index in [2.05, 4.69) is 10.6 Å². The van der Waals surface area contributed by atoms with Crippen molar-refractivity contribution in [2.45, 2.75) is 6.42 Å². The Balaban J connectivity index is 1.39. The van der Waals surface area contributed by atoms with Crippen molar-refractivity contribution in [2.75, 3.05) is 26.1 Å². The molecular formula is C26H23ClN2O5. The number of ether oxygens (including phenoxy) is 3. The fraction of sp³-hybridized carbons (Fsp3) is 0.154. The molecule has 2 amide bonds. The van der Waals surface area contributed by atoms with Crippen LogP contribution in [0.1, 0.15) is 21.5 Å². The molecule has 4 rings (SSSR count). The standard InChI is InChI=1S/C26H23ClN2O5/c1-32-22-9-5-17(13-23(22)33-2)11-12-28-25(30)18-6-10-21-20(15-18)29-26(31)24(34-21)14-16-3-7-19(27)8-4-16/h3-10,13-15H,11-12H2,1-2H3,(H,28,30)(H,29,31). The Kier molecular flexibility index (Phi) is 7.04. The van der Waals surface area contributed by atoms with Crippen molar-refractivity contribution in [1.82, 2.24) is 5.32 Å². The molecular weight excluding hydrogens is 456 g/mol. The topological polar surface area (TPSA) is 85.9 Å². The van der Waals surface area contributed by atoms with Crippen LogP contribution < -0.4 is 24.8 Å². The number of amides is 2. The summed E-state index contributed by atoms with van der Waals surface area (Å²) in [6.07, 6.45) is 2.25. The van der Waals surface area contributed by atoms with Crippen LogP contribution in [0.2, 0.25) is 5.02 Å². The summed E-state index contributed by atoms with van der Waals surface area (Å²) in [7, 11) is 3.17. The Morgan fingerprint density at radius 2 is 1.79 bits per heavy atom. The maximum Gasteiger partial charge on any atom is 0.291 e. The molecule has 0 atom stereocenters. The number of benzene rings is 3. The third kappa shape index (κ3) is 5.32. The van der Waals surface area contributed by atoms with Crippen molar-refractivity contribution in [3.8, 4) is 17.2 Å². The third-order valence-corrected chi connectivity index (χ3v) is 5.50. The summed E-state index contributed by atoms with van der Waals surface area (Å²) in [6.45, 7) is 0.433. The predicted molar refractivity (Wildman–Crippen MR) is 131 cm³/mol. The molecule has 3 aromatic rings. The Morgan fingerprint density at radius 1 is 1.03 bits per heavy atom. The molecule has 1 heterocycles. The quantitative estimate of drug-likeness (QED) is 0.481. The SMILES string of the molecule is COc1ccc(CCNC(=O)c2ccc3c(c2)NC(=O)C(=Cc2ccc(Cl)cc2)O3)cc1OC. The molecule has 174 valence electrons. The van der Waals surface area contributed by atoms with Gasteiger partial charge in [0.05, 0.1) is 19.9 Å². The van der Waals surface area contributed by atoms with E-state index < -0.39 is 5.91 Å². The number of fused-ring (bicyclic) bond motifs is 1. The van der Waals surface area contributed by atoms with Gasteiger partial charge in [0.15, 0.2) is 23.0 Å². The summed E-state index contributed by atoms with van der Waals surface area (Å²) in [6, 6.07) is 17.6. The van der Waals surface area contributed by atoms with E-state index in [-0.39, 0.29) is 11.7 Å². The van der Waals surface area contributed by atoms with Gasteiger partial charge in [-0.25, -0.2) is 0 Å². The van der Waals surface area contributed by atoms with Crippen LogP contribution in [0.5, 0.6) is 17.2 Å². The molecule has 3 aromatic carbocycles. The smallest absolute Gasteiger partial charge is 0.291 e. The van der Waals surface area contributed by atoms with Crippen LogP contribution in [0, 0.1) is 0 Å². The average Bonchev–Trinajstić information content (AvgIpc) is 2.85. The number of rotatable bonds is 7. The van der Waals surface area contributed by atoms with Gasteiger partial charge in [-0.3, -0.25) is 9.59 Å². The highest BCUT2D eigenvalue weighted by Crippen LogP contribution is 2.32.